The van der Waals surface area contributed by atoms with Crippen molar-refractivity contribution in [3.05, 3.63) is 48.3 Å². The smallest absolute Gasteiger partial charge is 0.248 e. The number of ether oxygens (including phenoxy) is 1. The van der Waals surface area contributed by atoms with E-state index in [1.807, 2.05) is 37.3 Å². The number of benzene rings is 2. The van der Waals surface area contributed by atoms with Crippen LogP contribution in [-0.4, -0.2) is 16.2 Å². The minimum Gasteiger partial charge on any atom is -0.494 e. The van der Waals surface area contributed by atoms with E-state index in [9.17, 15) is 0 Å². The van der Waals surface area contributed by atoms with Crippen molar-refractivity contribution < 1.29 is 4.74 Å². The van der Waals surface area contributed by atoms with Crippen LogP contribution in [0.15, 0.2) is 42.5 Å². The van der Waals surface area contributed by atoms with Crippen LogP contribution in [0, 0.1) is 0 Å². The molecule has 0 bridgehead atoms. The first kappa shape index (κ1) is 16.2. The summed E-state index contributed by atoms with van der Waals surface area (Å²) in [7, 11) is 0. The molecular formula is C16H14Cl3N3O. The average Bonchev–Trinajstić information content (AvgIpc) is 2.87. The molecule has 0 aliphatic rings. The van der Waals surface area contributed by atoms with Gasteiger partial charge in [-0.25, -0.2) is 4.98 Å². The maximum Gasteiger partial charge on any atom is 0.248 e. The van der Waals surface area contributed by atoms with Crippen molar-refractivity contribution in [2.75, 3.05) is 12.3 Å². The third-order valence-electron chi connectivity index (χ3n) is 3.34. The molecule has 2 aromatic carbocycles. The SMILES string of the molecule is CCOc1ccc(-n2c(C(Cl)(Cl)Cl)nc3cc(N)ccc32)cc1. The second kappa shape index (κ2) is 6.11. The summed E-state index contributed by atoms with van der Waals surface area (Å²) in [4.78, 5) is 4.44. The lowest BCUT2D eigenvalue weighted by Crippen LogP contribution is -2.10. The molecule has 0 saturated heterocycles. The predicted molar refractivity (Wildman–Crippen MR) is 95.9 cm³/mol. The number of nitrogens with zero attached hydrogens (tertiary/aromatic N) is 2. The number of alkyl halides is 3. The largest absolute Gasteiger partial charge is 0.494 e. The molecule has 0 spiro atoms. The van der Waals surface area contributed by atoms with E-state index in [-0.39, 0.29) is 0 Å². The number of imidazole rings is 1. The molecule has 120 valence electrons. The van der Waals surface area contributed by atoms with Crippen molar-refractivity contribution >= 4 is 51.5 Å². The molecule has 0 aliphatic heterocycles. The molecule has 0 amide bonds. The number of fused-ring (bicyclic) bond motifs is 1. The van der Waals surface area contributed by atoms with E-state index in [1.54, 1.807) is 16.7 Å². The monoisotopic (exact) mass is 369 g/mol. The minimum atomic E-state index is -1.66. The highest BCUT2D eigenvalue weighted by atomic mass is 35.6. The molecule has 0 saturated carbocycles. The van der Waals surface area contributed by atoms with Gasteiger partial charge in [0.2, 0.25) is 3.79 Å². The van der Waals surface area contributed by atoms with Gasteiger partial charge in [-0.15, -0.1) is 0 Å². The van der Waals surface area contributed by atoms with Gasteiger partial charge in [-0.3, -0.25) is 4.57 Å². The summed E-state index contributed by atoms with van der Waals surface area (Å²) in [5.41, 5.74) is 8.72. The highest BCUT2D eigenvalue weighted by Crippen LogP contribution is 2.40. The molecule has 1 heterocycles. The van der Waals surface area contributed by atoms with E-state index >= 15 is 0 Å². The Labute approximate surface area is 148 Å². The van der Waals surface area contributed by atoms with Gasteiger partial charge in [0.15, 0.2) is 5.82 Å². The maximum atomic E-state index is 6.10. The Balaban J connectivity index is 2.21. The molecule has 1 aromatic heterocycles. The van der Waals surface area contributed by atoms with Crippen LogP contribution in [0.3, 0.4) is 0 Å². The van der Waals surface area contributed by atoms with Crippen molar-refractivity contribution in [2.24, 2.45) is 0 Å². The number of nitrogen functional groups attached to an aromatic ring is 1. The maximum absolute atomic E-state index is 6.10. The molecule has 3 rings (SSSR count). The van der Waals surface area contributed by atoms with Gasteiger partial charge in [-0.2, -0.15) is 0 Å². The van der Waals surface area contributed by atoms with Crippen LogP contribution in [0.5, 0.6) is 5.75 Å². The Bertz CT molecular complexity index is 838. The average molecular weight is 371 g/mol. The number of anilines is 1. The lowest BCUT2D eigenvalue weighted by Gasteiger charge is -2.15. The molecule has 3 aromatic rings. The van der Waals surface area contributed by atoms with Gasteiger partial charge in [-0.1, -0.05) is 34.8 Å². The van der Waals surface area contributed by atoms with Crippen molar-refractivity contribution in [2.45, 2.75) is 10.7 Å². The standard InChI is InChI=1S/C16H14Cl3N3O/c1-2-23-12-6-4-11(5-7-12)22-14-8-3-10(20)9-13(14)21-15(22)16(17,18)19/h3-9H,2,20H2,1H3. The molecule has 4 nitrogen and oxygen atoms in total. The molecule has 23 heavy (non-hydrogen) atoms. The first-order valence-corrected chi connectivity index (χ1v) is 8.12. The highest BCUT2D eigenvalue weighted by Gasteiger charge is 2.31. The lowest BCUT2D eigenvalue weighted by atomic mass is 10.2. The summed E-state index contributed by atoms with van der Waals surface area (Å²) in [5, 5.41) is 0. The van der Waals surface area contributed by atoms with Gasteiger partial charge in [0.1, 0.15) is 5.75 Å². The summed E-state index contributed by atoms with van der Waals surface area (Å²) < 4.78 is 5.60. The lowest BCUT2D eigenvalue weighted by molar-refractivity contribution is 0.340. The Kier molecular flexibility index (Phi) is 4.32. The number of halogens is 3. The van der Waals surface area contributed by atoms with Crippen molar-refractivity contribution in [1.82, 2.24) is 9.55 Å². The quantitative estimate of drug-likeness (QED) is 0.530. The summed E-state index contributed by atoms with van der Waals surface area (Å²) in [6.45, 7) is 2.54. The van der Waals surface area contributed by atoms with E-state index in [4.69, 9.17) is 45.3 Å². The Morgan fingerprint density at radius 1 is 1.13 bits per heavy atom. The Morgan fingerprint density at radius 3 is 2.43 bits per heavy atom. The first-order valence-electron chi connectivity index (χ1n) is 6.98. The van der Waals surface area contributed by atoms with Crippen molar-refractivity contribution in [3.63, 3.8) is 0 Å². The number of aromatic nitrogens is 2. The first-order chi connectivity index (χ1) is 10.9. The van der Waals surface area contributed by atoms with Crippen LogP contribution in [0.4, 0.5) is 5.69 Å². The van der Waals surface area contributed by atoms with Crippen LogP contribution in [-0.2, 0) is 3.79 Å². The topological polar surface area (TPSA) is 53.1 Å². The fourth-order valence-corrected chi connectivity index (χ4v) is 2.79. The second-order valence-electron chi connectivity index (χ2n) is 4.94. The van der Waals surface area contributed by atoms with E-state index < -0.39 is 3.79 Å². The Hall–Kier alpha value is -1.62. The van der Waals surface area contributed by atoms with Gasteiger partial charge in [0.05, 0.1) is 17.6 Å². The van der Waals surface area contributed by atoms with E-state index in [1.165, 1.54) is 0 Å². The number of hydrogen-bond acceptors (Lipinski definition) is 3. The summed E-state index contributed by atoms with van der Waals surface area (Å²) in [5.74, 6) is 1.09. The molecule has 0 aliphatic carbocycles. The fraction of sp³-hybridized carbons (Fsp3) is 0.188. The highest BCUT2D eigenvalue weighted by molar-refractivity contribution is 6.66. The molecule has 2 N–H and O–H groups in total. The summed E-state index contributed by atoms with van der Waals surface area (Å²) >= 11 is 18.3. The molecular weight excluding hydrogens is 357 g/mol. The normalized spacial score (nSPS) is 11.8. The molecule has 0 fully saturated rings. The third-order valence-corrected chi connectivity index (χ3v) is 3.85. The minimum absolute atomic E-state index is 0.312. The Morgan fingerprint density at radius 2 is 1.83 bits per heavy atom. The van der Waals surface area contributed by atoms with Gasteiger partial charge < -0.3 is 10.5 Å². The van der Waals surface area contributed by atoms with Crippen molar-refractivity contribution in [3.8, 4) is 11.4 Å². The van der Waals surface area contributed by atoms with Gasteiger partial charge >= 0.3 is 0 Å². The number of hydrogen-bond donors (Lipinski definition) is 1. The van der Waals surface area contributed by atoms with Crippen LogP contribution in [0.1, 0.15) is 12.7 Å². The van der Waals surface area contributed by atoms with Crippen LogP contribution < -0.4 is 10.5 Å². The van der Waals surface area contributed by atoms with Gasteiger partial charge in [0, 0.05) is 11.4 Å². The van der Waals surface area contributed by atoms with Gasteiger partial charge in [0.25, 0.3) is 0 Å². The zero-order valence-corrected chi connectivity index (χ0v) is 14.5. The molecule has 7 heteroatoms. The third kappa shape index (κ3) is 3.20. The zero-order chi connectivity index (χ0) is 16.6. The van der Waals surface area contributed by atoms with Gasteiger partial charge in [-0.05, 0) is 49.4 Å². The second-order valence-corrected chi connectivity index (χ2v) is 7.22. The van der Waals surface area contributed by atoms with E-state index in [0.29, 0.717) is 23.6 Å². The number of nitrogens with two attached hydrogens (primary N) is 1. The summed E-state index contributed by atoms with van der Waals surface area (Å²) in [6.07, 6.45) is 0. The molecule has 0 radical (unpaired) electrons. The van der Waals surface area contributed by atoms with E-state index in [2.05, 4.69) is 4.98 Å². The van der Waals surface area contributed by atoms with Crippen LogP contribution >= 0.6 is 34.8 Å². The predicted octanol–water partition coefficient (Wildman–Crippen LogP) is 4.83. The number of rotatable bonds is 3. The van der Waals surface area contributed by atoms with E-state index in [0.717, 1.165) is 17.0 Å². The summed E-state index contributed by atoms with van der Waals surface area (Å²) in [6, 6.07) is 12.9. The molecule has 0 unspecified atom stereocenters. The zero-order valence-electron chi connectivity index (χ0n) is 12.3. The molecule has 0 atom stereocenters. The van der Waals surface area contributed by atoms with Crippen LogP contribution in [0.2, 0.25) is 0 Å². The van der Waals surface area contributed by atoms with Crippen molar-refractivity contribution in [1.29, 1.82) is 0 Å². The fourth-order valence-electron chi connectivity index (χ4n) is 2.41. The van der Waals surface area contributed by atoms with Crippen LogP contribution in [0.25, 0.3) is 16.7 Å².